The van der Waals surface area contributed by atoms with Gasteiger partial charge in [0.2, 0.25) is 0 Å². The monoisotopic (exact) mass is 1180 g/mol. The van der Waals surface area contributed by atoms with Crippen LogP contribution >= 0.6 is 0 Å². The molecule has 2 saturated carbocycles. The van der Waals surface area contributed by atoms with Crippen LogP contribution < -0.4 is 5.32 Å². The minimum absolute atomic E-state index is 0.0532. The molecule has 0 aromatic heterocycles. The Hall–Kier alpha value is -7.03. The van der Waals surface area contributed by atoms with Gasteiger partial charge in [0.05, 0.1) is 54.5 Å². The second-order valence-electron chi connectivity index (χ2n) is 22.2. The average molecular weight is 1180 g/mol. The van der Waals surface area contributed by atoms with E-state index >= 15 is 0 Å². The van der Waals surface area contributed by atoms with Crippen LogP contribution in [0.15, 0.2) is 140 Å². The Morgan fingerprint density at radius 1 is 0.547 bits per heavy atom. The van der Waals surface area contributed by atoms with Crippen LogP contribution in [-0.4, -0.2) is 144 Å². The zero-order chi connectivity index (χ0) is 60.5. The fraction of sp³-hybridized carbons (Fsp3) is 0.485. The molecule has 11 atom stereocenters. The summed E-state index contributed by atoms with van der Waals surface area (Å²) >= 11 is 0. The predicted molar refractivity (Wildman–Crippen MR) is 316 cm³/mol. The maximum Gasteiger partial charge on any atom is 0.407 e. The van der Waals surface area contributed by atoms with E-state index in [1.54, 1.807) is 97.9 Å². The molecule has 1 heterocycles. The standard InChI is InChI=1S/C68H81NO17/c1-6-9-37-75-43-68-56(58(77-38-10-7-2)60(68)78-39-11-8-3)59(82-45(4)70)65(86-68)81-44-67(85-46(5)76-40-25-36-69-66(74)80-41-54-52-34-23-21-32-50(52)51-33-22-24-35-53(51)54)55(42-79-62(71)47-26-15-12-16-27-47)57(83-63(72)48-28-17-13-18-29-48)61(67)84-64(73)49-30-19-14-20-31-49/h12-24,26-35,46,54-61,65H,6-11,25,36-44H2,1-5H3,(H,69,74)/t46-,55-,56?,57+,58+,59+,60-,61-,65-,67?,68?/m0/s1. The summed E-state index contributed by atoms with van der Waals surface area (Å²) in [7, 11) is 0. The van der Waals surface area contributed by atoms with E-state index in [-0.39, 0.29) is 49.0 Å². The number of hydrogen-bond acceptors (Lipinski definition) is 17. The average Bonchev–Trinajstić information content (AvgIpc) is 1.48. The lowest BCUT2D eigenvalue weighted by molar-refractivity contribution is -0.355. The normalized spacial score (nSPS) is 24.6. The number of rotatable bonds is 33. The number of esters is 4. The number of hydrogen-bond donors (Lipinski definition) is 1. The number of carbonyl (C=O) groups excluding carboxylic acids is 5. The summed E-state index contributed by atoms with van der Waals surface area (Å²) in [5.41, 5.74) is 1.97. The molecule has 0 spiro atoms. The molecule has 18 nitrogen and oxygen atoms in total. The van der Waals surface area contributed by atoms with Crippen LogP contribution in [0.1, 0.15) is 128 Å². The topological polar surface area (TPSA) is 208 Å². The van der Waals surface area contributed by atoms with Gasteiger partial charge in [-0.2, -0.15) is 0 Å². The van der Waals surface area contributed by atoms with Gasteiger partial charge < -0.3 is 62.2 Å². The van der Waals surface area contributed by atoms with E-state index in [1.165, 1.54) is 6.92 Å². The Bertz CT molecular complexity index is 2960. The van der Waals surface area contributed by atoms with Crippen LogP contribution in [0, 0.1) is 11.8 Å². The summed E-state index contributed by atoms with van der Waals surface area (Å²) in [5.74, 6) is -4.70. The fourth-order valence-corrected chi connectivity index (χ4v) is 12.0. The molecule has 1 amide bonds. The third-order valence-corrected chi connectivity index (χ3v) is 16.4. The Balaban J connectivity index is 1.01. The first-order valence-corrected chi connectivity index (χ1v) is 30.3. The maximum atomic E-state index is 14.5. The third-order valence-electron chi connectivity index (χ3n) is 16.4. The van der Waals surface area contributed by atoms with E-state index in [4.69, 9.17) is 56.8 Å². The molecule has 0 radical (unpaired) electrons. The van der Waals surface area contributed by atoms with Crippen molar-refractivity contribution in [2.24, 2.45) is 11.8 Å². The Kier molecular flexibility index (Phi) is 22.5. The van der Waals surface area contributed by atoms with Gasteiger partial charge in [0.15, 0.2) is 30.9 Å². The number of ether oxygens (including phenoxy) is 12. The lowest BCUT2D eigenvalue weighted by Gasteiger charge is -2.58. The largest absolute Gasteiger partial charge is 0.462 e. The van der Waals surface area contributed by atoms with E-state index in [2.05, 4.69) is 50.4 Å². The maximum absolute atomic E-state index is 14.5. The first-order chi connectivity index (χ1) is 41.9. The van der Waals surface area contributed by atoms with Crippen LogP contribution in [0.3, 0.4) is 0 Å². The van der Waals surface area contributed by atoms with Gasteiger partial charge in [-0.05, 0) is 91.3 Å². The van der Waals surface area contributed by atoms with E-state index in [0.29, 0.717) is 26.2 Å². The lowest BCUT2D eigenvalue weighted by Crippen LogP contribution is -2.77. The summed E-state index contributed by atoms with van der Waals surface area (Å²) in [6.45, 7) is 9.90. The summed E-state index contributed by atoms with van der Waals surface area (Å²) < 4.78 is 77.9. The molecule has 3 unspecified atom stereocenters. The number of benzene rings is 5. The number of alkyl carbamates (subject to hydrolysis) is 1. The van der Waals surface area contributed by atoms with Gasteiger partial charge >= 0.3 is 30.0 Å². The molecule has 18 heteroatoms. The number of fused-ring (bicyclic) bond motifs is 4. The highest BCUT2D eigenvalue weighted by Crippen LogP contribution is 2.57. The van der Waals surface area contributed by atoms with Crippen molar-refractivity contribution in [2.75, 3.05) is 59.4 Å². The summed E-state index contributed by atoms with van der Waals surface area (Å²) in [5, 5.41) is 2.83. The van der Waals surface area contributed by atoms with E-state index in [0.717, 1.165) is 60.8 Å². The highest BCUT2D eigenvalue weighted by Gasteiger charge is 2.76. The summed E-state index contributed by atoms with van der Waals surface area (Å²) in [4.78, 5) is 69.1. The molecule has 9 rings (SSSR count). The van der Waals surface area contributed by atoms with Crippen LogP contribution in [-0.2, 0) is 61.6 Å². The quantitative estimate of drug-likeness (QED) is 0.0179. The van der Waals surface area contributed by atoms with Gasteiger partial charge in [0.25, 0.3) is 0 Å². The van der Waals surface area contributed by atoms with Crippen molar-refractivity contribution >= 4 is 30.0 Å². The second kappa shape index (κ2) is 30.5. The smallest absolute Gasteiger partial charge is 0.407 e. The fourth-order valence-electron chi connectivity index (χ4n) is 12.0. The van der Waals surface area contributed by atoms with Crippen molar-refractivity contribution < 1.29 is 80.8 Å². The Labute approximate surface area is 503 Å². The zero-order valence-corrected chi connectivity index (χ0v) is 49.8. The number of nitrogens with one attached hydrogen (secondary N) is 1. The van der Waals surface area contributed by atoms with Crippen molar-refractivity contribution in [3.63, 3.8) is 0 Å². The first kappa shape index (κ1) is 63.5. The Morgan fingerprint density at radius 3 is 1.71 bits per heavy atom. The van der Waals surface area contributed by atoms with E-state index in [9.17, 15) is 24.0 Å². The van der Waals surface area contributed by atoms with Crippen molar-refractivity contribution in [1.29, 1.82) is 0 Å². The molecule has 1 saturated heterocycles. The molecule has 4 aliphatic rings. The molecule has 1 N–H and O–H groups in total. The van der Waals surface area contributed by atoms with Gasteiger partial charge in [0, 0.05) is 39.2 Å². The van der Waals surface area contributed by atoms with E-state index in [1.807, 2.05) is 24.3 Å². The summed E-state index contributed by atoms with van der Waals surface area (Å²) in [6, 6.07) is 41.2. The minimum atomic E-state index is -1.88. The van der Waals surface area contributed by atoms with Crippen LogP contribution in [0.2, 0.25) is 0 Å². The van der Waals surface area contributed by atoms with Crippen molar-refractivity contribution in [1.82, 2.24) is 5.32 Å². The van der Waals surface area contributed by atoms with E-state index < -0.39 is 109 Å². The summed E-state index contributed by atoms with van der Waals surface area (Å²) in [6.07, 6.45) is -2.88. The Morgan fingerprint density at radius 2 is 1.10 bits per heavy atom. The van der Waals surface area contributed by atoms with Gasteiger partial charge in [-0.25, -0.2) is 19.2 Å². The first-order valence-electron chi connectivity index (χ1n) is 30.3. The molecular formula is C68H81NO17. The number of unbranched alkanes of at least 4 members (excludes halogenated alkanes) is 3. The number of amides is 1. The molecule has 86 heavy (non-hydrogen) atoms. The predicted octanol–water partition coefficient (Wildman–Crippen LogP) is 10.8. The van der Waals surface area contributed by atoms with Crippen LogP contribution in [0.5, 0.6) is 0 Å². The van der Waals surface area contributed by atoms with Gasteiger partial charge in [-0.1, -0.05) is 143 Å². The zero-order valence-electron chi connectivity index (χ0n) is 49.8. The van der Waals surface area contributed by atoms with Crippen molar-refractivity contribution in [3.8, 4) is 11.1 Å². The van der Waals surface area contributed by atoms with Crippen molar-refractivity contribution in [3.05, 3.63) is 167 Å². The third kappa shape index (κ3) is 14.7. The molecular weight excluding hydrogens is 1100 g/mol. The highest BCUT2D eigenvalue weighted by atomic mass is 16.8. The second-order valence-corrected chi connectivity index (χ2v) is 22.2. The van der Waals surface area contributed by atoms with Gasteiger partial charge in [-0.3, -0.25) is 4.79 Å². The molecule has 5 aromatic carbocycles. The van der Waals surface area contributed by atoms with Crippen molar-refractivity contribution in [2.45, 2.75) is 140 Å². The van der Waals surface area contributed by atoms with Crippen LogP contribution in [0.4, 0.5) is 4.79 Å². The molecule has 3 aliphatic carbocycles. The molecule has 5 aromatic rings. The van der Waals surface area contributed by atoms with Crippen LogP contribution in [0.25, 0.3) is 11.1 Å². The molecule has 460 valence electrons. The minimum Gasteiger partial charge on any atom is -0.462 e. The highest BCUT2D eigenvalue weighted by molar-refractivity contribution is 5.91. The van der Waals surface area contributed by atoms with Gasteiger partial charge in [0.1, 0.15) is 30.5 Å². The number of carbonyl (C=O) groups is 5. The molecule has 1 aliphatic heterocycles. The molecule has 3 fully saturated rings. The van der Waals surface area contributed by atoms with Gasteiger partial charge in [-0.15, -0.1) is 0 Å². The molecule has 0 bridgehead atoms. The SMILES string of the molecule is CCCCOCC12O[C@H](OCC3(O[C@@H](C)OCCCNC(=O)OCC4c5ccccc5-c5ccccc54)[C@@H](COC(=O)c4ccccc4)[C@@H](OC(=O)c4ccccc4)[C@@H]3OC(=O)c3ccccc3)[C@H](OC(C)=O)C1[C@@H](OCCCC)[C@@H]2OCCCC. The lowest BCUT2D eigenvalue weighted by atomic mass is 9.63.